The van der Waals surface area contributed by atoms with Crippen molar-refractivity contribution >= 4 is 27.5 Å². The van der Waals surface area contributed by atoms with Gasteiger partial charge in [-0.25, -0.2) is 8.42 Å². The van der Waals surface area contributed by atoms with E-state index in [1.807, 2.05) is 30.3 Å². The van der Waals surface area contributed by atoms with Crippen LogP contribution in [0, 0.1) is 0 Å². The van der Waals surface area contributed by atoms with Crippen molar-refractivity contribution in [1.29, 1.82) is 0 Å². The second-order valence-corrected chi connectivity index (χ2v) is 9.70. The maximum Gasteiger partial charge on any atom is 0.262 e. The molecule has 1 aliphatic heterocycles. The van der Waals surface area contributed by atoms with E-state index < -0.39 is 28.6 Å². The number of sulfonamides is 1. The van der Waals surface area contributed by atoms with Crippen molar-refractivity contribution < 1.29 is 22.7 Å². The number of rotatable bonds is 7. The van der Waals surface area contributed by atoms with Crippen LogP contribution in [0.2, 0.25) is 0 Å². The SMILES string of the molecule is CNC(=O)[C@@H]1CN(C(=O)CN(Cc2ccccc2)S(=O)(=O)c2ccccc2)c2ccccc2O1. The Morgan fingerprint density at radius 2 is 1.59 bits per heavy atom. The molecule has 1 N–H and O–H groups in total. The Hall–Kier alpha value is -3.69. The normalized spacial score (nSPS) is 15.4. The first-order valence-electron chi connectivity index (χ1n) is 10.8. The van der Waals surface area contributed by atoms with Gasteiger partial charge in [0, 0.05) is 13.6 Å². The highest BCUT2D eigenvalue weighted by Gasteiger charge is 2.35. The molecule has 0 unspecified atom stereocenters. The third kappa shape index (κ3) is 4.95. The Morgan fingerprint density at radius 1 is 0.971 bits per heavy atom. The molecule has 4 rings (SSSR count). The van der Waals surface area contributed by atoms with Gasteiger partial charge >= 0.3 is 0 Å². The molecule has 176 valence electrons. The second-order valence-electron chi connectivity index (χ2n) is 7.76. The molecule has 34 heavy (non-hydrogen) atoms. The number of anilines is 1. The molecule has 0 aliphatic carbocycles. The van der Waals surface area contributed by atoms with Crippen LogP contribution in [0.4, 0.5) is 5.69 Å². The summed E-state index contributed by atoms with van der Waals surface area (Å²) in [4.78, 5) is 27.3. The van der Waals surface area contributed by atoms with Crippen molar-refractivity contribution in [1.82, 2.24) is 9.62 Å². The van der Waals surface area contributed by atoms with Gasteiger partial charge < -0.3 is 15.0 Å². The van der Waals surface area contributed by atoms with Crippen LogP contribution < -0.4 is 15.0 Å². The van der Waals surface area contributed by atoms with Crippen molar-refractivity contribution in [2.24, 2.45) is 0 Å². The molecule has 1 atom stereocenters. The van der Waals surface area contributed by atoms with Crippen LogP contribution in [0.25, 0.3) is 0 Å². The summed E-state index contributed by atoms with van der Waals surface area (Å²) in [6.07, 6.45) is -0.905. The molecule has 2 amide bonds. The molecular weight excluding hydrogens is 454 g/mol. The molecule has 9 heteroatoms. The lowest BCUT2D eigenvalue weighted by Gasteiger charge is -2.35. The first-order chi connectivity index (χ1) is 16.4. The summed E-state index contributed by atoms with van der Waals surface area (Å²) in [6, 6.07) is 24.0. The summed E-state index contributed by atoms with van der Waals surface area (Å²) >= 11 is 0. The third-order valence-corrected chi connectivity index (χ3v) is 7.31. The lowest BCUT2D eigenvalue weighted by atomic mass is 10.1. The molecule has 0 radical (unpaired) electrons. The van der Waals surface area contributed by atoms with Crippen molar-refractivity contribution in [3.63, 3.8) is 0 Å². The van der Waals surface area contributed by atoms with E-state index >= 15 is 0 Å². The largest absolute Gasteiger partial charge is 0.477 e. The van der Waals surface area contributed by atoms with Crippen LogP contribution in [0.15, 0.2) is 89.8 Å². The van der Waals surface area contributed by atoms with Crippen molar-refractivity contribution in [3.8, 4) is 5.75 Å². The molecule has 3 aromatic rings. The Labute approximate surface area is 198 Å². The van der Waals surface area contributed by atoms with Gasteiger partial charge in [0.05, 0.1) is 23.7 Å². The molecule has 0 spiro atoms. The van der Waals surface area contributed by atoms with Gasteiger partial charge in [-0.2, -0.15) is 4.31 Å². The lowest BCUT2D eigenvalue weighted by Crippen LogP contribution is -2.52. The van der Waals surface area contributed by atoms with Crippen molar-refractivity contribution in [2.75, 3.05) is 25.0 Å². The van der Waals surface area contributed by atoms with E-state index in [0.29, 0.717) is 11.4 Å². The van der Waals surface area contributed by atoms with E-state index in [9.17, 15) is 18.0 Å². The van der Waals surface area contributed by atoms with Gasteiger partial charge in [0.15, 0.2) is 6.10 Å². The van der Waals surface area contributed by atoms with Crippen LogP contribution >= 0.6 is 0 Å². The van der Waals surface area contributed by atoms with Gasteiger partial charge in [-0.15, -0.1) is 0 Å². The zero-order chi connectivity index (χ0) is 24.1. The summed E-state index contributed by atoms with van der Waals surface area (Å²) in [5.41, 5.74) is 1.24. The molecule has 1 heterocycles. The van der Waals surface area contributed by atoms with Gasteiger partial charge in [-0.05, 0) is 29.8 Å². The van der Waals surface area contributed by atoms with Gasteiger partial charge in [-0.3, -0.25) is 9.59 Å². The Bertz CT molecular complexity index is 1270. The van der Waals surface area contributed by atoms with Crippen LogP contribution in [0.5, 0.6) is 5.75 Å². The summed E-state index contributed by atoms with van der Waals surface area (Å²) in [6.45, 7) is -0.407. The van der Waals surface area contributed by atoms with Crippen molar-refractivity contribution in [3.05, 3.63) is 90.5 Å². The Morgan fingerprint density at radius 3 is 2.26 bits per heavy atom. The molecule has 0 saturated heterocycles. The number of hydrogen-bond acceptors (Lipinski definition) is 5. The van der Waals surface area contributed by atoms with Crippen LogP contribution in [0.1, 0.15) is 5.56 Å². The van der Waals surface area contributed by atoms with Crippen LogP contribution in [-0.4, -0.2) is 50.8 Å². The quantitative estimate of drug-likeness (QED) is 0.562. The highest BCUT2D eigenvalue weighted by molar-refractivity contribution is 7.89. The third-order valence-electron chi connectivity index (χ3n) is 5.51. The maximum atomic E-state index is 13.5. The fourth-order valence-electron chi connectivity index (χ4n) is 3.76. The number of carbonyl (C=O) groups is 2. The van der Waals surface area contributed by atoms with Gasteiger partial charge in [-0.1, -0.05) is 60.7 Å². The maximum absolute atomic E-state index is 13.5. The first-order valence-corrected chi connectivity index (χ1v) is 12.2. The number of nitrogens with zero attached hydrogens (tertiary/aromatic N) is 2. The standard InChI is InChI=1S/C25H25N3O5S/c1-26-25(30)23-17-28(21-14-8-9-15-22(21)33-23)24(29)18-27(16-19-10-4-2-5-11-19)34(31,32)20-12-6-3-7-13-20/h2-15,23H,16-18H2,1H3,(H,26,30)/t23-/m0/s1. The number of hydrogen-bond donors (Lipinski definition) is 1. The Kier molecular flexibility index (Phi) is 6.95. The molecule has 1 aliphatic rings. The predicted molar refractivity (Wildman–Crippen MR) is 128 cm³/mol. The van der Waals surface area contributed by atoms with E-state index in [1.165, 1.54) is 24.1 Å². The highest BCUT2D eigenvalue weighted by Crippen LogP contribution is 2.33. The summed E-state index contributed by atoms with van der Waals surface area (Å²) in [5, 5.41) is 2.54. The van der Waals surface area contributed by atoms with E-state index in [-0.39, 0.29) is 23.9 Å². The topological polar surface area (TPSA) is 96.0 Å². The average molecular weight is 480 g/mol. The molecule has 0 bridgehead atoms. The molecule has 3 aromatic carbocycles. The minimum absolute atomic E-state index is 0.0225. The van der Waals surface area contributed by atoms with E-state index in [4.69, 9.17) is 4.74 Å². The minimum atomic E-state index is -3.97. The number of benzene rings is 3. The van der Waals surface area contributed by atoms with Gasteiger partial charge in [0.25, 0.3) is 5.91 Å². The number of para-hydroxylation sites is 2. The predicted octanol–water partition coefficient (Wildman–Crippen LogP) is 2.42. The van der Waals surface area contributed by atoms with E-state index in [1.54, 1.807) is 42.5 Å². The summed E-state index contributed by atoms with van der Waals surface area (Å²) < 4.78 is 33.9. The van der Waals surface area contributed by atoms with Crippen LogP contribution in [0.3, 0.4) is 0 Å². The van der Waals surface area contributed by atoms with E-state index in [0.717, 1.165) is 9.87 Å². The van der Waals surface area contributed by atoms with Crippen molar-refractivity contribution in [2.45, 2.75) is 17.5 Å². The zero-order valence-electron chi connectivity index (χ0n) is 18.6. The van der Waals surface area contributed by atoms with Gasteiger partial charge in [0.1, 0.15) is 5.75 Å². The van der Waals surface area contributed by atoms with Crippen LogP contribution in [-0.2, 0) is 26.2 Å². The molecule has 8 nitrogen and oxygen atoms in total. The lowest BCUT2D eigenvalue weighted by molar-refractivity contribution is -0.128. The monoisotopic (exact) mass is 479 g/mol. The zero-order valence-corrected chi connectivity index (χ0v) is 19.4. The summed E-state index contributed by atoms with van der Waals surface area (Å²) in [5.74, 6) is -0.443. The number of fused-ring (bicyclic) bond motifs is 1. The highest BCUT2D eigenvalue weighted by atomic mass is 32.2. The number of nitrogens with one attached hydrogen (secondary N) is 1. The molecular formula is C25H25N3O5S. The smallest absolute Gasteiger partial charge is 0.262 e. The number of amides is 2. The molecule has 0 saturated carbocycles. The number of likely N-dealkylation sites (N-methyl/N-ethyl adjacent to an activating group) is 1. The first kappa shape index (κ1) is 23.5. The molecule has 0 aromatic heterocycles. The molecule has 0 fully saturated rings. The number of ether oxygens (including phenoxy) is 1. The minimum Gasteiger partial charge on any atom is -0.477 e. The number of carbonyl (C=O) groups excluding carboxylic acids is 2. The summed E-state index contributed by atoms with van der Waals surface area (Å²) in [7, 11) is -2.48. The van der Waals surface area contributed by atoms with Gasteiger partial charge in [0.2, 0.25) is 15.9 Å². The van der Waals surface area contributed by atoms with E-state index in [2.05, 4.69) is 5.32 Å². The fraction of sp³-hybridized carbons (Fsp3) is 0.200. The average Bonchev–Trinajstić information content (AvgIpc) is 2.88. The fourth-order valence-corrected chi connectivity index (χ4v) is 5.16. The Balaban J connectivity index is 1.67. The second kappa shape index (κ2) is 10.1.